The van der Waals surface area contributed by atoms with Crippen molar-refractivity contribution >= 4 is 10.0 Å². The predicted octanol–water partition coefficient (Wildman–Crippen LogP) is -0.534. The third-order valence-electron chi connectivity index (χ3n) is 2.11. The highest BCUT2D eigenvalue weighted by Crippen LogP contribution is 2.31. The smallest absolute Gasteiger partial charge is 0.238 e. The number of aliphatic hydroxyl groups excluding tert-OH is 1. The number of rotatable bonds is 1. The molecule has 0 spiro atoms. The largest absolute Gasteiger partial charge is 0.487 e. The van der Waals surface area contributed by atoms with Crippen LogP contribution in [0.15, 0.2) is 23.1 Å². The number of hydrogen-bond donors (Lipinski definition) is 2. The van der Waals surface area contributed by atoms with Gasteiger partial charge in [0, 0.05) is 6.07 Å². The monoisotopic (exact) mass is 245 g/mol. The molecule has 0 bridgehead atoms. The van der Waals surface area contributed by atoms with E-state index in [0.29, 0.717) is 5.75 Å². The summed E-state index contributed by atoms with van der Waals surface area (Å²) in [6.07, 6.45) is -0.731. The van der Waals surface area contributed by atoms with E-state index >= 15 is 0 Å². The summed E-state index contributed by atoms with van der Waals surface area (Å²) in [7, 11) is -3.76. The lowest BCUT2D eigenvalue weighted by molar-refractivity contribution is 0.0801. The second kappa shape index (κ2) is 3.93. The lowest BCUT2D eigenvalue weighted by Gasteiger charge is -2.07. The Balaban J connectivity index is 2.40. The van der Waals surface area contributed by atoms with Crippen molar-refractivity contribution in [1.82, 2.24) is 0 Å². The van der Waals surface area contributed by atoms with E-state index in [0.717, 1.165) is 0 Å². The number of primary sulfonamides is 1. The Morgan fingerprint density at radius 2 is 1.88 bits per heavy atom. The molecule has 0 fully saturated rings. The van der Waals surface area contributed by atoms with E-state index < -0.39 is 16.1 Å². The van der Waals surface area contributed by atoms with Crippen molar-refractivity contribution in [2.45, 2.75) is 11.0 Å². The van der Waals surface area contributed by atoms with Crippen molar-refractivity contribution in [2.24, 2.45) is 5.14 Å². The summed E-state index contributed by atoms with van der Waals surface area (Å²) < 4.78 is 32.6. The number of aliphatic hydroxyl groups is 1. The minimum Gasteiger partial charge on any atom is -0.487 e. The maximum Gasteiger partial charge on any atom is 0.238 e. The van der Waals surface area contributed by atoms with Crippen LogP contribution in [0.2, 0.25) is 0 Å². The number of sulfonamides is 1. The van der Waals surface area contributed by atoms with Crippen LogP contribution < -0.4 is 14.6 Å². The predicted molar refractivity (Wildman–Crippen MR) is 54.8 cm³/mol. The molecule has 0 amide bonds. The Hall–Kier alpha value is -1.31. The first-order valence-corrected chi connectivity index (χ1v) is 6.12. The zero-order valence-electron chi connectivity index (χ0n) is 8.29. The van der Waals surface area contributed by atoms with Crippen molar-refractivity contribution in [1.29, 1.82) is 0 Å². The average molecular weight is 245 g/mol. The van der Waals surface area contributed by atoms with Gasteiger partial charge in [0.2, 0.25) is 10.0 Å². The van der Waals surface area contributed by atoms with Crippen LogP contribution in [0, 0.1) is 0 Å². The zero-order chi connectivity index (χ0) is 11.8. The molecule has 1 heterocycles. The molecule has 1 aromatic carbocycles. The molecule has 1 aromatic rings. The van der Waals surface area contributed by atoms with Gasteiger partial charge in [0.1, 0.15) is 19.3 Å². The van der Waals surface area contributed by atoms with Crippen molar-refractivity contribution in [3.05, 3.63) is 18.2 Å². The second-order valence-electron chi connectivity index (χ2n) is 3.43. The van der Waals surface area contributed by atoms with Crippen molar-refractivity contribution in [2.75, 3.05) is 13.2 Å². The van der Waals surface area contributed by atoms with Crippen LogP contribution in [0.1, 0.15) is 0 Å². The van der Waals surface area contributed by atoms with E-state index in [1.165, 1.54) is 18.2 Å². The Bertz CT molecular complexity index is 499. The fourth-order valence-electron chi connectivity index (χ4n) is 1.32. The Kier molecular flexibility index (Phi) is 2.75. The summed E-state index contributed by atoms with van der Waals surface area (Å²) in [6, 6.07) is 4.06. The first kappa shape index (κ1) is 11.2. The molecule has 0 saturated carbocycles. The Labute approximate surface area is 92.6 Å². The van der Waals surface area contributed by atoms with Crippen molar-refractivity contribution in [3.8, 4) is 11.5 Å². The van der Waals surface area contributed by atoms with Gasteiger partial charge in [0.25, 0.3) is 0 Å². The van der Waals surface area contributed by atoms with Gasteiger partial charge in [0.15, 0.2) is 11.5 Å². The molecule has 2 rings (SSSR count). The molecule has 3 N–H and O–H groups in total. The van der Waals surface area contributed by atoms with Crippen LogP contribution in [0.5, 0.6) is 11.5 Å². The molecule has 0 aromatic heterocycles. The summed E-state index contributed by atoms with van der Waals surface area (Å²) >= 11 is 0. The van der Waals surface area contributed by atoms with E-state index in [2.05, 4.69) is 0 Å². The first-order chi connectivity index (χ1) is 7.47. The lowest BCUT2D eigenvalue weighted by atomic mass is 10.3. The molecule has 0 saturated heterocycles. The van der Waals surface area contributed by atoms with Crippen LogP contribution in [-0.2, 0) is 10.0 Å². The molecule has 7 heteroatoms. The SMILES string of the molecule is NS(=O)(=O)c1ccc2c(c1)OCC(O)CO2. The molecule has 1 unspecified atom stereocenters. The van der Waals surface area contributed by atoms with Crippen LogP contribution in [0.3, 0.4) is 0 Å². The number of nitrogens with two attached hydrogens (primary N) is 1. The highest BCUT2D eigenvalue weighted by Gasteiger charge is 2.18. The third kappa shape index (κ3) is 2.26. The van der Waals surface area contributed by atoms with Gasteiger partial charge in [-0.15, -0.1) is 0 Å². The topological polar surface area (TPSA) is 98.9 Å². The van der Waals surface area contributed by atoms with Gasteiger partial charge in [-0.3, -0.25) is 0 Å². The number of ether oxygens (including phenoxy) is 2. The molecule has 1 aliphatic rings. The van der Waals surface area contributed by atoms with Crippen LogP contribution in [0.25, 0.3) is 0 Å². The van der Waals surface area contributed by atoms with E-state index in [1.807, 2.05) is 0 Å². The first-order valence-electron chi connectivity index (χ1n) is 4.57. The maximum atomic E-state index is 11.1. The summed E-state index contributed by atoms with van der Waals surface area (Å²) in [6.45, 7) is 0.169. The molecular weight excluding hydrogens is 234 g/mol. The summed E-state index contributed by atoms with van der Waals surface area (Å²) in [4.78, 5) is -0.0498. The normalized spacial score (nSPS) is 20.2. The summed E-state index contributed by atoms with van der Waals surface area (Å²) in [5.74, 6) is 0.659. The Morgan fingerprint density at radius 1 is 1.25 bits per heavy atom. The van der Waals surface area contributed by atoms with Gasteiger partial charge in [-0.2, -0.15) is 0 Å². The molecule has 88 valence electrons. The van der Waals surface area contributed by atoms with E-state index in [4.69, 9.17) is 14.6 Å². The van der Waals surface area contributed by atoms with Gasteiger partial charge < -0.3 is 14.6 Å². The average Bonchev–Trinajstić information content (AvgIpc) is 2.39. The van der Waals surface area contributed by atoms with Crippen LogP contribution in [0.4, 0.5) is 0 Å². The van der Waals surface area contributed by atoms with E-state index in [-0.39, 0.29) is 23.9 Å². The summed E-state index contributed by atoms with van der Waals surface area (Å²) in [5, 5.41) is 14.3. The zero-order valence-corrected chi connectivity index (χ0v) is 9.11. The minimum absolute atomic E-state index is 0.0498. The molecular formula is C9H11NO5S. The Morgan fingerprint density at radius 3 is 2.50 bits per heavy atom. The van der Waals surface area contributed by atoms with Gasteiger partial charge in [-0.05, 0) is 12.1 Å². The third-order valence-corrected chi connectivity index (χ3v) is 3.02. The summed E-state index contributed by atoms with van der Waals surface area (Å²) in [5.41, 5.74) is 0. The maximum absolute atomic E-state index is 11.1. The van der Waals surface area contributed by atoms with E-state index in [1.54, 1.807) is 0 Å². The van der Waals surface area contributed by atoms with Gasteiger partial charge in [-0.1, -0.05) is 0 Å². The minimum atomic E-state index is -3.76. The van der Waals surface area contributed by atoms with Crippen molar-refractivity contribution in [3.63, 3.8) is 0 Å². The van der Waals surface area contributed by atoms with Crippen LogP contribution in [-0.4, -0.2) is 32.8 Å². The molecule has 1 atom stereocenters. The van der Waals surface area contributed by atoms with Gasteiger partial charge in [0.05, 0.1) is 4.90 Å². The van der Waals surface area contributed by atoms with Gasteiger partial charge >= 0.3 is 0 Å². The number of fused-ring (bicyclic) bond motifs is 1. The lowest BCUT2D eigenvalue weighted by Crippen LogP contribution is -2.21. The van der Waals surface area contributed by atoms with Crippen molar-refractivity contribution < 1.29 is 23.0 Å². The number of hydrogen-bond acceptors (Lipinski definition) is 5. The molecule has 6 nitrogen and oxygen atoms in total. The highest BCUT2D eigenvalue weighted by atomic mass is 32.2. The molecule has 1 aliphatic heterocycles. The second-order valence-corrected chi connectivity index (χ2v) is 4.99. The van der Waals surface area contributed by atoms with Gasteiger partial charge in [-0.25, -0.2) is 13.6 Å². The molecule has 0 aliphatic carbocycles. The highest BCUT2D eigenvalue weighted by molar-refractivity contribution is 7.89. The van der Waals surface area contributed by atoms with E-state index in [9.17, 15) is 13.5 Å². The molecule has 16 heavy (non-hydrogen) atoms. The standard InChI is InChI=1S/C9H11NO5S/c10-16(12,13)7-1-2-8-9(3-7)15-5-6(11)4-14-8/h1-3,6,11H,4-5H2,(H2,10,12,13). The number of benzene rings is 1. The van der Waals surface area contributed by atoms with Crippen LogP contribution >= 0.6 is 0 Å². The fraction of sp³-hybridized carbons (Fsp3) is 0.333. The quantitative estimate of drug-likeness (QED) is 0.692. The fourth-order valence-corrected chi connectivity index (χ4v) is 1.85. The molecule has 0 radical (unpaired) electrons.